The lowest BCUT2D eigenvalue weighted by Gasteiger charge is -2.37. The Hall–Kier alpha value is -3.05. The Morgan fingerprint density at radius 3 is 2.60 bits per heavy atom. The molecule has 1 aliphatic heterocycles. The number of rotatable bonds is 4. The molecule has 1 heterocycles. The lowest BCUT2D eigenvalue weighted by Crippen LogP contribution is -2.29. The molecule has 0 fully saturated rings. The molecule has 2 aliphatic rings. The average molecular weight is 417 g/mol. The van der Waals surface area contributed by atoms with Crippen LogP contribution in [0.3, 0.4) is 0 Å². The fourth-order valence-electron chi connectivity index (χ4n) is 4.65. The van der Waals surface area contributed by atoms with Gasteiger partial charge in [0.2, 0.25) is 0 Å². The summed E-state index contributed by atoms with van der Waals surface area (Å²) in [5.74, 6) is 0.586. The number of sulfonamides is 1. The molecule has 2 N–H and O–H groups in total. The van der Waals surface area contributed by atoms with E-state index in [1.807, 2.05) is 43.3 Å². The first-order valence-electron chi connectivity index (χ1n) is 10.2. The van der Waals surface area contributed by atoms with Gasteiger partial charge in [0.1, 0.15) is 0 Å². The second-order valence-electron chi connectivity index (χ2n) is 8.11. The van der Waals surface area contributed by atoms with E-state index in [9.17, 15) is 8.42 Å². The molecular formula is C25H24N2O2S. The van der Waals surface area contributed by atoms with E-state index in [0.29, 0.717) is 16.5 Å². The van der Waals surface area contributed by atoms with Crippen molar-refractivity contribution in [1.29, 1.82) is 0 Å². The second-order valence-corrected chi connectivity index (χ2v) is 9.79. The first kappa shape index (κ1) is 18.9. The molecular weight excluding hydrogens is 392 g/mol. The van der Waals surface area contributed by atoms with Gasteiger partial charge >= 0.3 is 0 Å². The van der Waals surface area contributed by atoms with Crippen molar-refractivity contribution in [2.45, 2.75) is 30.2 Å². The molecule has 152 valence electrons. The summed E-state index contributed by atoms with van der Waals surface area (Å²) in [5.41, 5.74) is 4.91. The Morgan fingerprint density at radius 1 is 0.967 bits per heavy atom. The summed E-state index contributed by atoms with van der Waals surface area (Å²) in [6, 6.07) is 23.5. The van der Waals surface area contributed by atoms with Crippen LogP contribution >= 0.6 is 0 Å². The van der Waals surface area contributed by atoms with Gasteiger partial charge in [0.15, 0.2) is 0 Å². The average Bonchev–Trinajstić information content (AvgIpc) is 3.23. The minimum absolute atomic E-state index is 0.209. The molecule has 0 amide bonds. The Balaban J connectivity index is 1.50. The van der Waals surface area contributed by atoms with Crippen LogP contribution in [0.1, 0.15) is 35.1 Å². The smallest absolute Gasteiger partial charge is 0.261 e. The highest BCUT2D eigenvalue weighted by Gasteiger charge is 2.38. The molecule has 0 saturated carbocycles. The van der Waals surface area contributed by atoms with Crippen molar-refractivity contribution < 1.29 is 8.42 Å². The van der Waals surface area contributed by atoms with Crippen LogP contribution in [0, 0.1) is 12.8 Å². The number of hydrogen-bond donors (Lipinski definition) is 2. The highest BCUT2D eigenvalue weighted by Crippen LogP contribution is 2.50. The van der Waals surface area contributed by atoms with E-state index in [0.717, 1.165) is 23.2 Å². The SMILES string of the molecule is Cc1cccc(NS(=O)(=O)c2ccc3c(c2)[C@H]2C=CC[C@H]2[C@@H](c2ccccc2)N3)c1. The third-order valence-corrected chi connectivity index (χ3v) is 7.45. The maximum atomic E-state index is 13.0. The molecule has 4 nitrogen and oxygen atoms in total. The lowest BCUT2D eigenvalue weighted by molar-refractivity contribution is 0.425. The number of hydrogen-bond acceptors (Lipinski definition) is 3. The Morgan fingerprint density at radius 2 is 1.80 bits per heavy atom. The summed E-state index contributed by atoms with van der Waals surface area (Å²) in [5, 5.41) is 3.67. The summed E-state index contributed by atoms with van der Waals surface area (Å²) >= 11 is 0. The molecule has 3 aromatic rings. The lowest BCUT2D eigenvalue weighted by atomic mass is 9.77. The molecule has 0 saturated heterocycles. The first-order chi connectivity index (χ1) is 14.5. The molecule has 0 unspecified atom stereocenters. The van der Waals surface area contributed by atoms with Crippen LogP contribution in [-0.4, -0.2) is 8.42 Å². The van der Waals surface area contributed by atoms with Crippen molar-refractivity contribution in [3.05, 3.63) is 102 Å². The van der Waals surface area contributed by atoms with Gasteiger partial charge in [-0.3, -0.25) is 4.72 Å². The van der Waals surface area contributed by atoms with Gasteiger partial charge in [-0.2, -0.15) is 0 Å². The van der Waals surface area contributed by atoms with Crippen LogP contribution in [0.4, 0.5) is 11.4 Å². The van der Waals surface area contributed by atoms with Gasteiger partial charge in [0, 0.05) is 17.3 Å². The molecule has 0 spiro atoms. The monoisotopic (exact) mass is 416 g/mol. The summed E-state index contributed by atoms with van der Waals surface area (Å²) in [7, 11) is -3.66. The van der Waals surface area contributed by atoms with E-state index in [1.54, 1.807) is 12.1 Å². The van der Waals surface area contributed by atoms with Crippen LogP contribution < -0.4 is 10.0 Å². The van der Waals surface area contributed by atoms with Crippen LogP contribution in [0.5, 0.6) is 0 Å². The summed E-state index contributed by atoms with van der Waals surface area (Å²) in [6.45, 7) is 1.94. The number of aryl methyl sites for hydroxylation is 1. The van der Waals surface area contributed by atoms with Gasteiger partial charge < -0.3 is 5.32 Å². The molecule has 0 radical (unpaired) electrons. The van der Waals surface area contributed by atoms with Crippen LogP contribution in [0.15, 0.2) is 89.8 Å². The number of fused-ring (bicyclic) bond motifs is 3. The van der Waals surface area contributed by atoms with Crippen molar-refractivity contribution in [3.8, 4) is 0 Å². The molecule has 1 aliphatic carbocycles. The Kier molecular flexibility index (Phi) is 4.63. The van der Waals surface area contributed by atoms with Crippen LogP contribution in [0.2, 0.25) is 0 Å². The first-order valence-corrected chi connectivity index (χ1v) is 11.7. The standard InChI is InChI=1S/C25H24N2O2S/c1-17-7-5-10-19(15-17)27-30(28,29)20-13-14-24-23(16-20)21-11-6-12-22(21)25(26-24)18-8-3-2-4-9-18/h2-11,13-16,21-22,25-27H,12H2,1H3/t21-,22+,25+/m0/s1. The summed E-state index contributed by atoms with van der Waals surface area (Å²) in [4.78, 5) is 0.293. The Bertz CT molecular complexity index is 1220. The number of allylic oxidation sites excluding steroid dienone is 2. The quantitative estimate of drug-likeness (QED) is 0.543. The molecule has 0 bridgehead atoms. The maximum Gasteiger partial charge on any atom is 0.261 e. The molecule has 5 rings (SSSR count). The fourth-order valence-corrected chi connectivity index (χ4v) is 5.74. The number of nitrogens with one attached hydrogen (secondary N) is 2. The van der Waals surface area contributed by atoms with E-state index in [2.05, 4.69) is 46.5 Å². The summed E-state index contributed by atoms with van der Waals surface area (Å²) in [6.07, 6.45) is 5.42. The molecule has 3 aromatic carbocycles. The fraction of sp³-hybridized carbons (Fsp3) is 0.200. The van der Waals surface area contributed by atoms with E-state index in [4.69, 9.17) is 0 Å². The zero-order valence-corrected chi connectivity index (χ0v) is 17.6. The number of benzene rings is 3. The van der Waals surface area contributed by atoms with Crippen molar-refractivity contribution in [2.24, 2.45) is 5.92 Å². The third kappa shape index (κ3) is 3.39. The summed E-state index contributed by atoms with van der Waals surface area (Å²) < 4.78 is 28.8. The van der Waals surface area contributed by atoms with E-state index in [1.165, 1.54) is 5.56 Å². The van der Waals surface area contributed by atoms with Crippen LogP contribution in [-0.2, 0) is 10.0 Å². The second kappa shape index (κ2) is 7.33. The largest absolute Gasteiger partial charge is 0.378 e. The molecule has 30 heavy (non-hydrogen) atoms. The minimum atomic E-state index is -3.66. The van der Waals surface area contributed by atoms with Gasteiger partial charge in [-0.15, -0.1) is 0 Å². The highest BCUT2D eigenvalue weighted by molar-refractivity contribution is 7.92. The zero-order valence-electron chi connectivity index (χ0n) is 16.7. The van der Waals surface area contributed by atoms with Gasteiger partial charge in [-0.1, -0.05) is 54.6 Å². The van der Waals surface area contributed by atoms with Gasteiger partial charge in [0.05, 0.1) is 10.9 Å². The normalized spacial score (nSPS) is 22.1. The topological polar surface area (TPSA) is 58.2 Å². The molecule has 3 atom stereocenters. The van der Waals surface area contributed by atoms with E-state index < -0.39 is 10.0 Å². The molecule has 0 aromatic heterocycles. The van der Waals surface area contributed by atoms with Crippen molar-refractivity contribution in [2.75, 3.05) is 10.0 Å². The van der Waals surface area contributed by atoms with Gasteiger partial charge in [-0.05, 0) is 66.3 Å². The predicted molar refractivity (Wildman–Crippen MR) is 121 cm³/mol. The number of anilines is 2. The van der Waals surface area contributed by atoms with E-state index >= 15 is 0 Å². The third-order valence-electron chi connectivity index (χ3n) is 6.07. The minimum Gasteiger partial charge on any atom is -0.378 e. The van der Waals surface area contributed by atoms with E-state index in [-0.39, 0.29) is 12.0 Å². The van der Waals surface area contributed by atoms with Crippen LogP contribution in [0.25, 0.3) is 0 Å². The predicted octanol–water partition coefficient (Wildman–Crippen LogP) is 5.62. The van der Waals surface area contributed by atoms with Crippen molar-refractivity contribution in [1.82, 2.24) is 0 Å². The highest BCUT2D eigenvalue weighted by atomic mass is 32.2. The van der Waals surface area contributed by atoms with Gasteiger partial charge in [0.25, 0.3) is 10.0 Å². The van der Waals surface area contributed by atoms with Crippen molar-refractivity contribution in [3.63, 3.8) is 0 Å². The van der Waals surface area contributed by atoms with Crippen molar-refractivity contribution >= 4 is 21.4 Å². The van der Waals surface area contributed by atoms with Gasteiger partial charge in [-0.25, -0.2) is 8.42 Å². The zero-order chi connectivity index (χ0) is 20.7. The molecule has 5 heteroatoms. The Labute approximate surface area is 177 Å². The maximum absolute atomic E-state index is 13.0.